The molecule has 0 spiro atoms. The SMILES string of the molecule is O=C([O-])c1ccccc1-c1c2cc(Br)c(=O)c(Br)c-2oc2c(Br)c([O-])c(Br)cc12.O=C([O-])c1ccccc1-c1c2cc(Br)c(=O)c(Br)c-2oc2c(Br)c([O-])c(Br)cc12.[Na+].[Na+].[Na+].[Na+]. The van der Waals surface area contributed by atoms with Crippen LogP contribution < -0.4 is 150 Å². The van der Waals surface area contributed by atoms with E-state index in [1.165, 1.54) is 12.1 Å². The summed E-state index contributed by atoms with van der Waals surface area (Å²) in [6.45, 7) is 0. The number of aromatic carboxylic acids is 2. The third-order valence-electron chi connectivity index (χ3n) is 8.84. The van der Waals surface area contributed by atoms with Crippen LogP contribution in [0.2, 0.25) is 0 Å². The number of rotatable bonds is 4. The molecule has 0 saturated heterocycles. The van der Waals surface area contributed by atoms with E-state index in [1.807, 2.05) is 0 Å². The normalized spacial score (nSPS) is 10.6. The number of hydrogen-bond donors (Lipinski definition) is 0. The molecule has 0 atom stereocenters. The smallest absolute Gasteiger partial charge is 0.871 e. The van der Waals surface area contributed by atoms with Crippen LogP contribution in [0.3, 0.4) is 0 Å². The zero-order valence-corrected chi connectivity index (χ0v) is 52.7. The number of carboxylic acids is 2. The minimum absolute atomic E-state index is 0. The van der Waals surface area contributed by atoms with Crippen LogP contribution in [-0.2, 0) is 0 Å². The minimum Gasteiger partial charge on any atom is -0.871 e. The number of halogens is 8. The van der Waals surface area contributed by atoms with Gasteiger partial charge in [-0.2, -0.15) is 0 Å². The molecule has 0 aromatic heterocycles. The average molecular weight is 1380 g/mol. The van der Waals surface area contributed by atoms with E-state index < -0.39 is 11.9 Å². The van der Waals surface area contributed by atoms with E-state index in [4.69, 9.17) is 8.83 Å². The van der Waals surface area contributed by atoms with Crippen LogP contribution in [0.1, 0.15) is 20.7 Å². The van der Waals surface area contributed by atoms with Crippen LogP contribution in [0.15, 0.2) is 127 Å². The number of benzene rings is 6. The number of carbonyl (C=O) groups is 2. The molecular formula is C40H12Br8Na4O10. The van der Waals surface area contributed by atoms with Crippen molar-refractivity contribution in [2.24, 2.45) is 0 Å². The largest absolute Gasteiger partial charge is 1.00 e. The standard InChI is InChI=1S/2C20H8Br4O5.4Na/c2*21-11-5-9-13(7-3-1-2-4-8(7)20(27)28)10-6-12(22)17(26)15(24)19(10)29-18(9)14(23)16(11)25;;;;/h2*1-6,25H,(H,27,28);;;;/q;;4*+1/p-4. The first-order valence-electron chi connectivity index (χ1n) is 15.9. The van der Waals surface area contributed by atoms with E-state index in [1.54, 1.807) is 60.7 Å². The van der Waals surface area contributed by atoms with Crippen LogP contribution in [0.25, 0.3) is 66.8 Å². The zero-order valence-electron chi connectivity index (χ0n) is 32.0. The van der Waals surface area contributed by atoms with Gasteiger partial charge in [0.2, 0.25) is 10.9 Å². The van der Waals surface area contributed by atoms with Crippen LogP contribution in [-0.4, -0.2) is 11.9 Å². The van der Waals surface area contributed by atoms with E-state index in [2.05, 4.69) is 127 Å². The van der Waals surface area contributed by atoms with Crippen molar-refractivity contribution in [1.82, 2.24) is 0 Å². The molecular weight excluding hydrogens is 1370 g/mol. The Hall–Kier alpha value is 0.640. The maximum absolute atomic E-state index is 12.4. The number of hydrogen-bond acceptors (Lipinski definition) is 10. The Morgan fingerprint density at radius 3 is 1.10 bits per heavy atom. The molecule has 62 heavy (non-hydrogen) atoms. The summed E-state index contributed by atoms with van der Waals surface area (Å²) in [7, 11) is 0. The Morgan fingerprint density at radius 1 is 0.452 bits per heavy atom. The topological polar surface area (TPSA) is 187 Å². The number of carbonyl (C=O) groups excluding carboxylic acids is 2. The predicted octanol–water partition coefficient (Wildman–Crippen LogP) is -1.88. The summed E-state index contributed by atoms with van der Waals surface area (Å²) in [5.41, 5.74) is 2.34. The van der Waals surface area contributed by atoms with E-state index in [0.717, 1.165) is 0 Å². The van der Waals surface area contributed by atoms with Gasteiger partial charge in [0.25, 0.3) is 0 Å². The van der Waals surface area contributed by atoms with Gasteiger partial charge in [-0.1, -0.05) is 91.9 Å². The molecule has 0 N–H and O–H groups in total. The van der Waals surface area contributed by atoms with Gasteiger partial charge in [0.15, 0.2) is 11.5 Å². The van der Waals surface area contributed by atoms with Crippen molar-refractivity contribution >= 4 is 161 Å². The molecule has 292 valence electrons. The summed E-state index contributed by atoms with van der Waals surface area (Å²) in [4.78, 5) is 48.4. The molecule has 22 heteroatoms. The first-order valence-corrected chi connectivity index (χ1v) is 22.3. The molecule has 0 amide bonds. The summed E-state index contributed by atoms with van der Waals surface area (Å²) < 4.78 is 13.6. The van der Waals surface area contributed by atoms with Gasteiger partial charge in [-0.15, -0.1) is 0 Å². The summed E-state index contributed by atoms with van der Waals surface area (Å²) >= 11 is 26.0. The maximum Gasteiger partial charge on any atom is 1.00 e. The Balaban J connectivity index is 0.000000310. The molecule has 8 rings (SSSR count). The van der Waals surface area contributed by atoms with Crippen LogP contribution in [0, 0.1) is 0 Å². The molecule has 0 saturated carbocycles. The monoisotopic (exact) mass is 1380 g/mol. The fourth-order valence-electron chi connectivity index (χ4n) is 6.31. The molecule has 2 heterocycles. The van der Waals surface area contributed by atoms with Gasteiger partial charge in [-0.3, -0.25) is 9.59 Å². The summed E-state index contributed by atoms with van der Waals surface area (Å²) in [5, 5.41) is 49.3. The van der Waals surface area contributed by atoms with Gasteiger partial charge in [-0.05, 0) is 131 Å². The first-order chi connectivity index (χ1) is 27.4. The van der Waals surface area contributed by atoms with Gasteiger partial charge >= 0.3 is 118 Å². The fraction of sp³-hybridized carbons (Fsp3) is 0. The van der Waals surface area contributed by atoms with Gasteiger partial charge in [0, 0.05) is 53.1 Å². The molecule has 0 unspecified atom stereocenters. The molecule has 10 nitrogen and oxygen atoms in total. The van der Waals surface area contributed by atoms with Gasteiger partial charge in [-0.25, -0.2) is 0 Å². The van der Waals surface area contributed by atoms with Gasteiger partial charge in [0.1, 0.15) is 20.1 Å². The molecule has 0 fully saturated rings. The Bertz CT molecular complexity index is 2950. The van der Waals surface area contributed by atoms with Crippen molar-refractivity contribution in [1.29, 1.82) is 0 Å². The second kappa shape index (κ2) is 23.3. The number of carboxylic acid groups (broad SMARTS) is 2. The third-order valence-corrected chi connectivity index (χ3v) is 14.1. The molecule has 0 radical (unpaired) electrons. The fourth-order valence-corrected chi connectivity index (χ4v) is 11.1. The van der Waals surface area contributed by atoms with E-state index >= 15 is 0 Å². The third kappa shape index (κ3) is 10.6. The van der Waals surface area contributed by atoms with Crippen molar-refractivity contribution in [3.8, 4) is 56.4 Å². The van der Waals surface area contributed by atoms with Crippen LogP contribution >= 0.6 is 127 Å². The van der Waals surface area contributed by atoms with Crippen molar-refractivity contribution < 1.29 is 157 Å². The van der Waals surface area contributed by atoms with E-state index in [-0.39, 0.29) is 210 Å². The molecule has 4 aromatic carbocycles. The maximum atomic E-state index is 12.4. The van der Waals surface area contributed by atoms with E-state index in [9.17, 15) is 39.6 Å². The van der Waals surface area contributed by atoms with Gasteiger partial charge in [0.05, 0.1) is 29.8 Å². The Labute approximate surface area is 506 Å². The minimum atomic E-state index is -1.35. The van der Waals surface area contributed by atoms with Crippen molar-refractivity contribution in [2.45, 2.75) is 0 Å². The van der Waals surface area contributed by atoms with Crippen molar-refractivity contribution in [3.63, 3.8) is 0 Å². The predicted molar refractivity (Wildman–Crippen MR) is 238 cm³/mol. The molecule has 2 aliphatic heterocycles. The van der Waals surface area contributed by atoms with Crippen molar-refractivity contribution in [3.05, 3.63) is 140 Å². The Kier molecular flexibility index (Phi) is 21.4. The van der Waals surface area contributed by atoms with Crippen molar-refractivity contribution in [2.75, 3.05) is 0 Å². The first kappa shape index (κ1) is 57.0. The van der Waals surface area contributed by atoms with Gasteiger partial charge < -0.3 is 38.8 Å². The van der Waals surface area contributed by atoms with Crippen LogP contribution in [0.5, 0.6) is 11.5 Å². The average Bonchev–Trinajstić information content (AvgIpc) is 3.20. The van der Waals surface area contributed by atoms with E-state index in [0.29, 0.717) is 44.2 Å². The summed E-state index contributed by atoms with van der Waals surface area (Å²) in [5.74, 6) is -2.99. The second-order valence-corrected chi connectivity index (χ2v) is 18.7. The molecule has 2 aliphatic carbocycles. The molecule has 0 bridgehead atoms. The quantitative estimate of drug-likeness (QED) is 0.143. The summed E-state index contributed by atoms with van der Waals surface area (Å²) in [6.07, 6.45) is 0. The zero-order chi connectivity index (χ0) is 42.1. The summed E-state index contributed by atoms with van der Waals surface area (Å²) in [6, 6.07) is 19.0. The number of fused-ring (bicyclic) bond motifs is 4. The Morgan fingerprint density at radius 2 is 0.774 bits per heavy atom. The van der Waals surface area contributed by atoms with Crippen LogP contribution in [0.4, 0.5) is 0 Å². The second-order valence-electron chi connectivity index (χ2n) is 12.1. The molecule has 4 aliphatic rings. The molecule has 4 aromatic rings.